The molecule has 2 heteroatoms. The third-order valence-electron chi connectivity index (χ3n) is 5.95. The second kappa shape index (κ2) is 7.25. The molecule has 154 valence electrons. The van der Waals surface area contributed by atoms with Gasteiger partial charge in [0.2, 0.25) is 0 Å². The van der Waals surface area contributed by atoms with Gasteiger partial charge in [0.1, 0.15) is 0 Å². The van der Waals surface area contributed by atoms with Crippen molar-refractivity contribution in [3.05, 3.63) is 84.9 Å². The maximum Gasteiger partial charge on any atom is 0.0551 e. The van der Waals surface area contributed by atoms with E-state index in [9.17, 15) is 0 Å². The summed E-state index contributed by atoms with van der Waals surface area (Å²) in [6, 6.07) is 24.5. The van der Waals surface area contributed by atoms with E-state index in [4.69, 9.17) is 0 Å². The van der Waals surface area contributed by atoms with Gasteiger partial charge in [0.05, 0.1) is 5.52 Å². The summed E-state index contributed by atoms with van der Waals surface area (Å²) < 4.78 is 2.76. The molecule has 0 aliphatic rings. The fraction of sp³-hybridized carbons (Fsp3) is 0.172. The molecule has 0 aliphatic carbocycles. The van der Waals surface area contributed by atoms with Crippen molar-refractivity contribution in [1.82, 2.24) is 4.98 Å². The summed E-state index contributed by atoms with van der Waals surface area (Å²) in [7, 11) is 0. The number of rotatable bonds is 0. The molecular formula is C29H27NS. The highest BCUT2D eigenvalue weighted by molar-refractivity contribution is 7.27. The molecule has 2 heterocycles. The van der Waals surface area contributed by atoms with E-state index in [2.05, 4.69) is 99.1 Å². The number of fused-ring (bicyclic) bond motifs is 10. The quantitative estimate of drug-likeness (QED) is 0.235. The lowest BCUT2D eigenvalue weighted by Crippen LogP contribution is -2.10. The van der Waals surface area contributed by atoms with E-state index in [0.717, 1.165) is 0 Å². The molecule has 2 aromatic heterocycles. The van der Waals surface area contributed by atoms with Crippen LogP contribution < -0.4 is 0 Å². The van der Waals surface area contributed by atoms with Crippen LogP contribution in [0.25, 0.3) is 52.8 Å². The van der Waals surface area contributed by atoms with Gasteiger partial charge in [-0.05, 0) is 36.1 Å². The first kappa shape index (κ1) is 19.8. The van der Waals surface area contributed by atoms with Gasteiger partial charge in [-0.25, -0.2) is 0 Å². The summed E-state index contributed by atoms with van der Waals surface area (Å²) >= 11 is 1.92. The molecule has 6 aromatic rings. The van der Waals surface area contributed by atoms with Gasteiger partial charge >= 0.3 is 0 Å². The van der Waals surface area contributed by atoms with Gasteiger partial charge in [-0.15, -0.1) is 17.9 Å². The Morgan fingerprint density at radius 3 is 2.16 bits per heavy atom. The lowest BCUT2D eigenvalue weighted by Gasteiger charge is -2.19. The molecule has 0 amide bonds. The van der Waals surface area contributed by atoms with Crippen molar-refractivity contribution in [2.45, 2.75) is 33.1 Å². The minimum absolute atomic E-state index is 0.138. The molecule has 1 nitrogen and oxygen atoms in total. The van der Waals surface area contributed by atoms with Crippen molar-refractivity contribution in [3.63, 3.8) is 0 Å². The van der Waals surface area contributed by atoms with E-state index in [1.165, 1.54) is 58.3 Å². The predicted octanol–water partition coefficient (Wildman–Crippen LogP) is 9.33. The van der Waals surface area contributed by atoms with Crippen molar-refractivity contribution in [2.24, 2.45) is 0 Å². The van der Waals surface area contributed by atoms with Crippen molar-refractivity contribution >= 4 is 64.1 Å². The maximum atomic E-state index is 3.72. The average molecular weight is 422 g/mol. The number of aromatic nitrogens is 1. The second-order valence-electron chi connectivity index (χ2n) is 9.14. The maximum absolute atomic E-state index is 3.72. The fourth-order valence-electron chi connectivity index (χ4n) is 4.50. The Labute approximate surface area is 187 Å². The highest BCUT2D eigenvalue weighted by atomic mass is 32.1. The van der Waals surface area contributed by atoms with E-state index in [-0.39, 0.29) is 5.41 Å². The monoisotopic (exact) mass is 421 g/mol. The zero-order valence-corrected chi connectivity index (χ0v) is 19.4. The van der Waals surface area contributed by atoms with Crippen molar-refractivity contribution < 1.29 is 0 Å². The number of benzene rings is 4. The van der Waals surface area contributed by atoms with Gasteiger partial charge in [-0.2, -0.15) is 0 Å². The standard InChI is InChI=1S/C26H21NS.C3H6/c1-26(2,3)15-12-13-21-19(14-15)23-22-18-10-6-7-11-20(18)27-24(22)16-8-4-5-9-17(16)25(23)28-21;1-3-2/h4-14,27H,1-3H3;3H,1H2,2H3. The summed E-state index contributed by atoms with van der Waals surface area (Å²) in [5.74, 6) is 0. The number of hydrogen-bond acceptors (Lipinski definition) is 1. The van der Waals surface area contributed by atoms with Crippen molar-refractivity contribution in [3.8, 4) is 0 Å². The summed E-state index contributed by atoms with van der Waals surface area (Å²) in [5.41, 5.74) is 3.99. The highest BCUT2D eigenvalue weighted by Gasteiger charge is 2.20. The van der Waals surface area contributed by atoms with Crippen molar-refractivity contribution in [1.29, 1.82) is 0 Å². The molecule has 6 rings (SSSR count). The average Bonchev–Trinajstić information content (AvgIpc) is 3.32. The Balaban J connectivity index is 0.000000646. The Morgan fingerprint density at radius 1 is 0.806 bits per heavy atom. The van der Waals surface area contributed by atoms with Crippen LogP contribution in [0.3, 0.4) is 0 Å². The molecule has 0 aliphatic heterocycles. The third kappa shape index (κ3) is 3.05. The number of hydrogen-bond donors (Lipinski definition) is 1. The zero-order valence-electron chi connectivity index (χ0n) is 18.5. The molecule has 1 N–H and O–H groups in total. The smallest absolute Gasteiger partial charge is 0.0551 e. The number of aromatic amines is 1. The Bertz CT molecular complexity index is 1590. The van der Waals surface area contributed by atoms with Gasteiger partial charge in [-0.3, -0.25) is 0 Å². The summed E-state index contributed by atoms with van der Waals surface area (Å²) in [5, 5.41) is 8.11. The largest absolute Gasteiger partial charge is 0.354 e. The van der Waals surface area contributed by atoms with Gasteiger partial charge in [0, 0.05) is 47.2 Å². The molecule has 0 atom stereocenters. The SMILES string of the molecule is C=CC.CC(C)(C)c1ccc2sc3c4ccccc4c4[nH]c5ccccc5c4c3c2c1. The number of para-hydroxylation sites is 1. The molecule has 0 unspecified atom stereocenters. The van der Waals surface area contributed by atoms with Crippen LogP contribution in [0.15, 0.2) is 79.4 Å². The number of nitrogens with one attached hydrogen (secondary N) is 1. The molecule has 4 aromatic carbocycles. The van der Waals surface area contributed by atoms with E-state index in [0.29, 0.717) is 0 Å². The Morgan fingerprint density at radius 2 is 1.45 bits per heavy atom. The molecule has 0 saturated carbocycles. The summed E-state index contributed by atoms with van der Waals surface area (Å²) in [6.45, 7) is 12.1. The molecule has 0 spiro atoms. The van der Waals surface area contributed by atoms with E-state index in [1.807, 2.05) is 18.3 Å². The minimum atomic E-state index is 0.138. The predicted molar refractivity (Wildman–Crippen MR) is 141 cm³/mol. The molecule has 0 bridgehead atoms. The first-order valence-corrected chi connectivity index (χ1v) is 11.6. The number of H-pyrrole nitrogens is 1. The fourth-order valence-corrected chi connectivity index (χ4v) is 5.73. The van der Waals surface area contributed by atoms with E-state index < -0.39 is 0 Å². The lowest BCUT2D eigenvalue weighted by atomic mass is 9.86. The van der Waals surface area contributed by atoms with E-state index in [1.54, 1.807) is 6.08 Å². The normalized spacial score (nSPS) is 12.0. The first-order valence-electron chi connectivity index (χ1n) is 10.8. The highest BCUT2D eigenvalue weighted by Crippen LogP contribution is 2.46. The Hall–Kier alpha value is -3.10. The topological polar surface area (TPSA) is 15.8 Å². The molecule has 0 fully saturated rings. The van der Waals surface area contributed by atoms with Crippen LogP contribution in [0.5, 0.6) is 0 Å². The molecular weight excluding hydrogens is 394 g/mol. The molecule has 31 heavy (non-hydrogen) atoms. The summed E-state index contributed by atoms with van der Waals surface area (Å²) in [4.78, 5) is 3.72. The molecule has 0 saturated heterocycles. The summed E-state index contributed by atoms with van der Waals surface area (Å²) in [6.07, 6.45) is 1.75. The molecule has 0 radical (unpaired) electrons. The minimum Gasteiger partial charge on any atom is -0.354 e. The number of thiophene rings is 1. The van der Waals surface area contributed by atoms with Crippen LogP contribution in [0, 0.1) is 0 Å². The number of allylic oxidation sites excluding steroid dienone is 1. The van der Waals surface area contributed by atoms with Gasteiger partial charge < -0.3 is 4.98 Å². The van der Waals surface area contributed by atoms with Crippen LogP contribution in [-0.4, -0.2) is 4.98 Å². The van der Waals surface area contributed by atoms with Crippen LogP contribution in [0.1, 0.15) is 33.3 Å². The van der Waals surface area contributed by atoms with Crippen molar-refractivity contribution in [2.75, 3.05) is 0 Å². The van der Waals surface area contributed by atoms with E-state index >= 15 is 0 Å². The van der Waals surface area contributed by atoms with Gasteiger partial charge in [0.25, 0.3) is 0 Å². The first-order chi connectivity index (χ1) is 14.9. The second-order valence-corrected chi connectivity index (χ2v) is 10.2. The van der Waals surface area contributed by atoms with Crippen LogP contribution in [0.4, 0.5) is 0 Å². The van der Waals surface area contributed by atoms with Gasteiger partial charge in [-0.1, -0.05) is 75.4 Å². The zero-order chi connectivity index (χ0) is 21.8. The van der Waals surface area contributed by atoms with Gasteiger partial charge in [0.15, 0.2) is 0 Å². The Kier molecular flexibility index (Phi) is 4.64. The van der Waals surface area contributed by atoms with Crippen LogP contribution in [-0.2, 0) is 5.41 Å². The van der Waals surface area contributed by atoms with Crippen LogP contribution in [0.2, 0.25) is 0 Å². The third-order valence-corrected chi connectivity index (χ3v) is 7.16. The lowest BCUT2D eigenvalue weighted by molar-refractivity contribution is 0.591. The van der Waals surface area contributed by atoms with Crippen LogP contribution >= 0.6 is 11.3 Å².